The average Bonchev–Trinajstić information content (AvgIpc) is 2.30. The predicted molar refractivity (Wildman–Crippen MR) is 60.5 cm³/mol. The van der Waals surface area contributed by atoms with E-state index >= 15 is 0 Å². The lowest BCUT2D eigenvalue weighted by atomic mass is 9.84. The zero-order valence-corrected chi connectivity index (χ0v) is 9.20. The minimum absolute atomic E-state index is 0.390. The molecule has 0 atom stereocenters. The third-order valence-electron chi connectivity index (χ3n) is 3.28. The van der Waals surface area contributed by atoms with Crippen molar-refractivity contribution in [1.29, 1.82) is 0 Å². The van der Waals surface area contributed by atoms with Crippen molar-refractivity contribution in [3.63, 3.8) is 0 Å². The normalized spacial score (nSPS) is 17.7. The van der Waals surface area contributed by atoms with Crippen LogP contribution >= 0.6 is 0 Å². The van der Waals surface area contributed by atoms with E-state index in [-0.39, 0.29) is 0 Å². The first-order chi connectivity index (χ1) is 7.31. The fourth-order valence-electron chi connectivity index (χ4n) is 2.41. The van der Waals surface area contributed by atoms with Gasteiger partial charge in [0.25, 0.3) is 0 Å². The van der Waals surface area contributed by atoms with Gasteiger partial charge < -0.3 is 9.84 Å². The fourth-order valence-corrected chi connectivity index (χ4v) is 2.41. The highest BCUT2D eigenvalue weighted by molar-refractivity contribution is 5.41. The third kappa shape index (κ3) is 2.25. The maximum atomic E-state index is 9.89. The highest BCUT2D eigenvalue weighted by Crippen LogP contribution is 2.38. The van der Waals surface area contributed by atoms with E-state index in [1.54, 1.807) is 13.2 Å². The summed E-state index contributed by atoms with van der Waals surface area (Å²) < 4.78 is 5.08. The topological polar surface area (TPSA) is 29.5 Å². The summed E-state index contributed by atoms with van der Waals surface area (Å²) in [5, 5.41) is 9.89. The lowest BCUT2D eigenvalue weighted by molar-refractivity contribution is 0.396. The van der Waals surface area contributed by atoms with Crippen LogP contribution in [0, 0.1) is 0 Å². The van der Waals surface area contributed by atoms with Gasteiger partial charge in [-0.3, -0.25) is 0 Å². The van der Waals surface area contributed by atoms with Gasteiger partial charge in [-0.1, -0.05) is 25.3 Å². The molecule has 0 bridgehead atoms. The highest BCUT2D eigenvalue weighted by atomic mass is 16.5. The smallest absolute Gasteiger partial charge is 0.122 e. The van der Waals surface area contributed by atoms with Gasteiger partial charge in [-0.15, -0.1) is 0 Å². The molecule has 1 aliphatic rings. The zero-order chi connectivity index (χ0) is 10.7. The van der Waals surface area contributed by atoms with Crippen LogP contribution in [0.4, 0.5) is 0 Å². The summed E-state index contributed by atoms with van der Waals surface area (Å²) in [6, 6.07) is 5.65. The number of benzene rings is 1. The average molecular weight is 206 g/mol. The van der Waals surface area contributed by atoms with E-state index in [0.717, 1.165) is 11.3 Å². The summed E-state index contributed by atoms with van der Waals surface area (Å²) in [7, 11) is 1.62. The van der Waals surface area contributed by atoms with E-state index in [9.17, 15) is 5.11 Å². The minimum atomic E-state index is 0.390. The van der Waals surface area contributed by atoms with E-state index in [1.165, 1.54) is 32.1 Å². The molecule has 1 N–H and O–H groups in total. The van der Waals surface area contributed by atoms with Crippen molar-refractivity contribution in [2.24, 2.45) is 0 Å². The second-order valence-electron chi connectivity index (χ2n) is 4.26. The summed E-state index contributed by atoms with van der Waals surface area (Å²) >= 11 is 0. The molecule has 0 aliphatic heterocycles. The Morgan fingerprint density at radius 2 is 1.93 bits per heavy atom. The van der Waals surface area contributed by atoms with Crippen LogP contribution in [0.3, 0.4) is 0 Å². The Balaban J connectivity index is 2.19. The number of phenolic OH excluding ortho intramolecular Hbond substituents is 1. The molecule has 0 unspecified atom stereocenters. The van der Waals surface area contributed by atoms with Crippen molar-refractivity contribution in [3.05, 3.63) is 23.8 Å². The molecular formula is C13H18O2. The summed E-state index contributed by atoms with van der Waals surface area (Å²) in [6.45, 7) is 0. The van der Waals surface area contributed by atoms with Gasteiger partial charge in [0, 0.05) is 6.07 Å². The Morgan fingerprint density at radius 3 is 2.53 bits per heavy atom. The van der Waals surface area contributed by atoms with Gasteiger partial charge in [-0.25, -0.2) is 0 Å². The van der Waals surface area contributed by atoms with E-state index in [1.807, 2.05) is 12.1 Å². The van der Waals surface area contributed by atoms with Crippen LogP contribution in [-0.2, 0) is 0 Å². The summed E-state index contributed by atoms with van der Waals surface area (Å²) in [5.41, 5.74) is 1.09. The number of rotatable bonds is 2. The van der Waals surface area contributed by atoms with Gasteiger partial charge in [0.15, 0.2) is 0 Å². The fraction of sp³-hybridized carbons (Fsp3) is 0.538. The number of aromatic hydroxyl groups is 1. The number of ether oxygens (including phenoxy) is 1. The van der Waals surface area contributed by atoms with Crippen molar-refractivity contribution in [3.8, 4) is 11.5 Å². The van der Waals surface area contributed by atoms with Crippen LogP contribution in [-0.4, -0.2) is 12.2 Å². The van der Waals surface area contributed by atoms with Crippen LogP contribution < -0.4 is 4.74 Å². The molecule has 2 nitrogen and oxygen atoms in total. The van der Waals surface area contributed by atoms with E-state index in [2.05, 4.69) is 0 Å². The summed E-state index contributed by atoms with van der Waals surface area (Å²) in [6.07, 6.45) is 6.33. The molecule has 15 heavy (non-hydrogen) atoms. The molecule has 0 amide bonds. The van der Waals surface area contributed by atoms with Crippen LogP contribution in [0.1, 0.15) is 43.6 Å². The molecule has 0 aromatic heterocycles. The molecule has 1 aromatic carbocycles. The van der Waals surface area contributed by atoms with Crippen molar-refractivity contribution in [2.45, 2.75) is 38.0 Å². The molecule has 1 aromatic rings. The molecule has 1 fully saturated rings. The highest BCUT2D eigenvalue weighted by Gasteiger charge is 2.18. The third-order valence-corrected chi connectivity index (χ3v) is 3.28. The van der Waals surface area contributed by atoms with Crippen LogP contribution in [0.25, 0.3) is 0 Å². The maximum absolute atomic E-state index is 9.89. The molecule has 82 valence electrons. The number of phenols is 1. The number of methoxy groups -OCH3 is 1. The van der Waals surface area contributed by atoms with Crippen molar-refractivity contribution in [2.75, 3.05) is 7.11 Å². The lowest BCUT2D eigenvalue weighted by Gasteiger charge is -2.22. The SMILES string of the molecule is COc1ccc(C2CCCCC2)c(O)c1. The molecule has 1 aliphatic carbocycles. The first-order valence-corrected chi connectivity index (χ1v) is 5.68. The Morgan fingerprint density at radius 1 is 1.20 bits per heavy atom. The van der Waals surface area contributed by atoms with Crippen LogP contribution in [0.2, 0.25) is 0 Å². The first-order valence-electron chi connectivity index (χ1n) is 5.68. The Hall–Kier alpha value is -1.18. The van der Waals surface area contributed by atoms with Crippen molar-refractivity contribution < 1.29 is 9.84 Å². The lowest BCUT2D eigenvalue weighted by Crippen LogP contribution is -2.04. The predicted octanol–water partition coefficient (Wildman–Crippen LogP) is 3.45. The van der Waals surface area contributed by atoms with Crippen LogP contribution in [0.15, 0.2) is 18.2 Å². The second kappa shape index (κ2) is 4.56. The van der Waals surface area contributed by atoms with Gasteiger partial charge in [-0.05, 0) is 30.4 Å². The molecular weight excluding hydrogens is 188 g/mol. The van der Waals surface area contributed by atoms with Gasteiger partial charge in [0.1, 0.15) is 11.5 Å². The monoisotopic (exact) mass is 206 g/mol. The van der Waals surface area contributed by atoms with Gasteiger partial charge >= 0.3 is 0 Å². The van der Waals surface area contributed by atoms with Crippen LogP contribution in [0.5, 0.6) is 11.5 Å². The molecule has 0 spiro atoms. The first kappa shape index (κ1) is 10.3. The Kier molecular flexibility index (Phi) is 3.14. The summed E-state index contributed by atoms with van der Waals surface area (Å²) in [5.74, 6) is 1.66. The quantitative estimate of drug-likeness (QED) is 0.803. The number of hydrogen-bond donors (Lipinski definition) is 1. The van der Waals surface area contributed by atoms with Crippen molar-refractivity contribution >= 4 is 0 Å². The number of hydrogen-bond acceptors (Lipinski definition) is 2. The van der Waals surface area contributed by atoms with Gasteiger partial charge in [0.05, 0.1) is 7.11 Å². The maximum Gasteiger partial charge on any atom is 0.122 e. The minimum Gasteiger partial charge on any atom is -0.508 e. The van der Waals surface area contributed by atoms with E-state index < -0.39 is 0 Å². The molecule has 1 saturated carbocycles. The Labute approximate surface area is 90.9 Å². The molecule has 0 radical (unpaired) electrons. The Bertz CT molecular complexity index is 327. The molecule has 0 heterocycles. The van der Waals surface area contributed by atoms with E-state index in [4.69, 9.17) is 4.74 Å². The standard InChI is InChI=1S/C13H18O2/c1-15-11-7-8-12(13(14)9-11)10-5-3-2-4-6-10/h7-10,14H,2-6H2,1H3. The molecule has 0 saturated heterocycles. The second-order valence-corrected chi connectivity index (χ2v) is 4.26. The molecule has 2 rings (SSSR count). The van der Waals surface area contributed by atoms with Crippen molar-refractivity contribution in [1.82, 2.24) is 0 Å². The largest absolute Gasteiger partial charge is 0.508 e. The van der Waals surface area contributed by atoms with Gasteiger partial charge in [-0.2, -0.15) is 0 Å². The molecule has 2 heteroatoms. The zero-order valence-electron chi connectivity index (χ0n) is 9.20. The summed E-state index contributed by atoms with van der Waals surface area (Å²) in [4.78, 5) is 0. The van der Waals surface area contributed by atoms with E-state index in [0.29, 0.717) is 11.7 Å². The van der Waals surface area contributed by atoms with Gasteiger partial charge in [0.2, 0.25) is 0 Å².